The molecule has 0 aliphatic heterocycles. The van der Waals surface area contributed by atoms with Gasteiger partial charge in [0.05, 0.1) is 17.4 Å². The molecule has 0 heterocycles. The molecule has 1 aromatic carbocycles. The number of benzene rings is 1. The van der Waals surface area contributed by atoms with Crippen LogP contribution in [0.5, 0.6) is 0 Å². The minimum atomic E-state index is -3.15. The molecule has 25 heavy (non-hydrogen) atoms. The topological polar surface area (TPSA) is 113 Å². The van der Waals surface area contributed by atoms with Crippen LogP contribution >= 0.6 is 0 Å². The summed E-state index contributed by atoms with van der Waals surface area (Å²) >= 11 is 0. The van der Waals surface area contributed by atoms with Crippen LogP contribution in [0.3, 0.4) is 0 Å². The van der Waals surface area contributed by atoms with Gasteiger partial charge in [0, 0.05) is 6.26 Å². The smallest absolute Gasteiger partial charge is 0.338 e. The molecule has 1 atom stereocenters. The molecule has 1 fully saturated rings. The maximum Gasteiger partial charge on any atom is 0.338 e. The lowest BCUT2D eigenvalue weighted by Crippen LogP contribution is -2.48. The number of hydrogen-bond donors (Lipinski definition) is 1. The summed E-state index contributed by atoms with van der Waals surface area (Å²) in [6, 6.07) is 8.04. The highest BCUT2D eigenvalue weighted by Gasteiger charge is 2.43. The van der Waals surface area contributed by atoms with E-state index in [9.17, 15) is 23.3 Å². The Morgan fingerprint density at radius 3 is 2.40 bits per heavy atom. The molecule has 0 unspecified atom stereocenters. The van der Waals surface area contributed by atoms with E-state index in [1.54, 1.807) is 6.92 Å². The molecular formula is C17H20N2O5S. The number of amides is 1. The van der Waals surface area contributed by atoms with Crippen LogP contribution in [0.2, 0.25) is 0 Å². The maximum absolute atomic E-state index is 11.9. The van der Waals surface area contributed by atoms with E-state index in [1.165, 1.54) is 24.3 Å². The van der Waals surface area contributed by atoms with Crippen molar-refractivity contribution in [3.05, 3.63) is 35.4 Å². The van der Waals surface area contributed by atoms with E-state index in [0.29, 0.717) is 5.56 Å². The molecule has 0 saturated heterocycles. The Kier molecular flexibility index (Phi) is 5.48. The van der Waals surface area contributed by atoms with Crippen LogP contribution in [0.25, 0.3) is 0 Å². The van der Waals surface area contributed by atoms with Crippen molar-refractivity contribution >= 4 is 21.7 Å². The van der Waals surface area contributed by atoms with E-state index in [2.05, 4.69) is 11.4 Å². The lowest BCUT2D eigenvalue weighted by molar-refractivity contribution is -0.125. The molecule has 0 radical (unpaired) electrons. The van der Waals surface area contributed by atoms with Crippen molar-refractivity contribution < 1.29 is 22.7 Å². The van der Waals surface area contributed by atoms with Gasteiger partial charge in [-0.1, -0.05) is 12.1 Å². The predicted molar refractivity (Wildman–Crippen MR) is 90.2 cm³/mol. The highest BCUT2D eigenvalue weighted by molar-refractivity contribution is 7.89. The van der Waals surface area contributed by atoms with Crippen LogP contribution < -0.4 is 5.32 Å². The molecule has 0 bridgehead atoms. The number of nitrogens with one attached hydrogen (secondary N) is 1. The number of rotatable bonds is 7. The number of hydrogen-bond acceptors (Lipinski definition) is 6. The molecule has 134 valence electrons. The molecule has 1 aliphatic rings. The second-order valence-corrected chi connectivity index (χ2v) is 8.62. The van der Waals surface area contributed by atoms with Crippen molar-refractivity contribution in [2.24, 2.45) is 5.92 Å². The predicted octanol–water partition coefficient (Wildman–Crippen LogP) is 1.20. The molecular weight excluding hydrogens is 344 g/mol. The van der Waals surface area contributed by atoms with E-state index in [0.717, 1.165) is 19.1 Å². The standard InChI is InChI=1S/C17H20N2O5S/c1-17(11-18,14-7-8-14)19-15(20)9-24-16(21)13-5-3-12(4-6-13)10-25(2,22)23/h3-6,14H,7-10H2,1-2H3,(H,19,20)/t17-/m0/s1. The number of carbonyl (C=O) groups excluding carboxylic acids is 2. The first kappa shape index (κ1) is 18.9. The zero-order valence-corrected chi connectivity index (χ0v) is 14.9. The Bertz CT molecular complexity index is 806. The van der Waals surface area contributed by atoms with Crippen LogP contribution in [-0.2, 0) is 25.1 Å². The molecule has 0 spiro atoms. The van der Waals surface area contributed by atoms with Gasteiger partial charge in [-0.2, -0.15) is 5.26 Å². The first-order chi connectivity index (χ1) is 11.6. The maximum atomic E-state index is 11.9. The number of nitrogens with zero attached hydrogens (tertiary/aromatic N) is 1. The number of ether oxygens (including phenoxy) is 1. The minimum absolute atomic E-state index is 0.112. The quantitative estimate of drug-likeness (QED) is 0.727. The molecule has 0 aromatic heterocycles. The summed E-state index contributed by atoms with van der Waals surface area (Å²) in [4.78, 5) is 23.8. The highest BCUT2D eigenvalue weighted by Crippen LogP contribution is 2.39. The van der Waals surface area contributed by atoms with Gasteiger partial charge < -0.3 is 10.1 Å². The van der Waals surface area contributed by atoms with Gasteiger partial charge in [-0.15, -0.1) is 0 Å². The second-order valence-electron chi connectivity index (χ2n) is 6.48. The van der Waals surface area contributed by atoms with Crippen LogP contribution in [0, 0.1) is 17.2 Å². The van der Waals surface area contributed by atoms with Gasteiger partial charge in [-0.3, -0.25) is 4.79 Å². The molecule has 1 aromatic rings. The highest BCUT2D eigenvalue weighted by atomic mass is 32.2. The van der Waals surface area contributed by atoms with Gasteiger partial charge >= 0.3 is 5.97 Å². The monoisotopic (exact) mass is 364 g/mol. The van der Waals surface area contributed by atoms with Crippen molar-refractivity contribution in [1.29, 1.82) is 5.26 Å². The Hall–Kier alpha value is -2.40. The number of carbonyl (C=O) groups is 2. The van der Waals surface area contributed by atoms with Gasteiger partial charge in [-0.25, -0.2) is 13.2 Å². The Morgan fingerprint density at radius 1 is 1.32 bits per heavy atom. The summed E-state index contributed by atoms with van der Waals surface area (Å²) in [5.74, 6) is -1.19. The molecule has 7 nitrogen and oxygen atoms in total. The average Bonchev–Trinajstić information content (AvgIpc) is 3.37. The zero-order chi connectivity index (χ0) is 18.7. The van der Waals surface area contributed by atoms with Crippen LogP contribution in [0.15, 0.2) is 24.3 Å². The fourth-order valence-electron chi connectivity index (χ4n) is 2.46. The summed E-state index contributed by atoms with van der Waals surface area (Å²) in [5.41, 5.74) is -0.155. The van der Waals surface area contributed by atoms with E-state index in [4.69, 9.17) is 4.74 Å². The van der Waals surface area contributed by atoms with Crippen LogP contribution in [-0.4, -0.2) is 38.7 Å². The third kappa shape index (κ3) is 5.57. The molecule has 2 rings (SSSR count). The van der Waals surface area contributed by atoms with E-state index >= 15 is 0 Å². The largest absolute Gasteiger partial charge is 0.452 e. The van der Waals surface area contributed by atoms with E-state index in [1.807, 2.05) is 0 Å². The summed E-state index contributed by atoms with van der Waals surface area (Å²) in [5, 5.41) is 11.8. The molecule has 1 aliphatic carbocycles. The third-order valence-electron chi connectivity index (χ3n) is 3.98. The second kappa shape index (κ2) is 7.23. The van der Waals surface area contributed by atoms with Crippen molar-refractivity contribution in [1.82, 2.24) is 5.32 Å². The number of esters is 1. The normalized spacial score (nSPS) is 16.4. The molecule has 1 N–H and O–H groups in total. The number of sulfone groups is 1. The van der Waals surface area contributed by atoms with Crippen molar-refractivity contribution in [3.8, 4) is 6.07 Å². The van der Waals surface area contributed by atoms with Crippen molar-refractivity contribution in [3.63, 3.8) is 0 Å². The zero-order valence-electron chi connectivity index (χ0n) is 14.1. The van der Waals surface area contributed by atoms with Gasteiger partial charge in [0.15, 0.2) is 16.4 Å². The molecule has 8 heteroatoms. The van der Waals surface area contributed by atoms with Gasteiger partial charge in [0.25, 0.3) is 5.91 Å². The van der Waals surface area contributed by atoms with E-state index in [-0.39, 0.29) is 17.2 Å². The average molecular weight is 364 g/mol. The summed E-state index contributed by atoms with van der Waals surface area (Å²) in [7, 11) is -3.15. The minimum Gasteiger partial charge on any atom is -0.452 e. The van der Waals surface area contributed by atoms with Gasteiger partial charge in [0.1, 0.15) is 5.54 Å². The van der Waals surface area contributed by atoms with E-state index < -0.39 is 33.9 Å². The lowest BCUT2D eigenvalue weighted by Gasteiger charge is -2.22. The summed E-state index contributed by atoms with van der Waals surface area (Å²) in [6.07, 6.45) is 2.92. The molecule has 1 amide bonds. The van der Waals surface area contributed by atoms with Crippen molar-refractivity contribution in [2.75, 3.05) is 12.9 Å². The van der Waals surface area contributed by atoms with Crippen LogP contribution in [0.4, 0.5) is 0 Å². The lowest BCUT2D eigenvalue weighted by atomic mass is 9.98. The Morgan fingerprint density at radius 2 is 1.92 bits per heavy atom. The number of nitriles is 1. The van der Waals surface area contributed by atoms with Crippen LogP contribution in [0.1, 0.15) is 35.7 Å². The molecule has 1 saturated carbocycles. The first-order valence-corrected chi connectivity index (χ1v) is 9.85. The fourth-order valence-corrected chi connectivity index (χ4v) is 3.26. The summed E-state index contributed by atoms with van der Waals surface area (Å²) < 4.78 is 27.4. The SMILES string of the molecule is C[C@@](C#N)(NC(=O)COC(=O)c1ccc(CS(C)(=O)=O)cc1)C1CC1. The third-order valence-corrected chi connectivity index (χ3v) is 4.84. The summed E-state index contributed by atoms with van der Waals surface area (Å²) in [6.45, 7) is 1.18. The van der Waals surface area contributed by atoms with Gasteiger partial charge in [0.2, 0.25) is 0 Å². The Balaban J connectivity index is 1.87. The van der Waals surface area contributed by atoms with Crippen molar-refractivity contribution in [2.45, 2.75) is 31.1 Å². The van der Waals surface area contributed by atoms with Gasteiger partial charge in [-0.05, 0) is 43.4 Å². The first-order valence-electron chi connectivity index (χ1n) is 7.79. The Labute approximate surface area is 146 Å². The fraction of sp³-hybridized carbons (Fsp3) is 0.471.